The molecule has 0 aliphatic carbocycles. The first-order chi connectivity index (χ1) is 7.15. The largest absolute Gasteiger partial charge is 0.508 e. The van der Waals surface area contributed by atoms with Crippen molar-refractivity contribution < 1.29 is 5.11 Å². The van der Waals surface area contributed by atoms with Gasteiger partial charge in [0.25, 0.3) is 0 Å². The molecule has 0 bridgehead atoms. The van der Waals surface area contributed by atoms with Crippen molar-refractivity contribution in [3.8, 4) is 5.75 Å². The zero-order valence-corrected chi connectivity index (χ0v) is 9.83. The molecule has 1 rings (SSSR count). The average molecular weight is 207 g/mol. The Morgan fingerprint density at radius 3 is 2.53 bits per heavy atom. The molecule has 2 nitrogen and oxygen atoms in total. The molecule has 2 atom stereocenters. The second kappa shape index (κ2) is 5.76. The molecule has 2 unspecified atom stereocenters. The summed E-state index contributed by atoms with van der Waals surface area (Å²) < 4.78 is 0. The normalized spacial score (nSPS) is 14.9. The Morgan fingerprint density at radius 2 is 1.93 bits per heavy atom. The summed E-state index contributed by atoms with van der Waals surface area (Å²) in [6, 6.07) is 7.71. The van der Waals surface area contributed by atoms with Crippen LogP contribution in [0.15, 0.2) is 24.3 Å². The molecule has 84 valence electrons. The maximum atomic E-state index is 9.66. The highest BCUT2D eigenvalue weighted by atomic mass is 16.3. The van der Waals surface area contributed by atoms with Gasteiger partial charge in [-0.05, 0) is 25.5 Å². The van der Waals surface area contributed by atoms with E-state index in [1.165, 1.54) is 6.42 Å². The standard InChI is InChI=1S/C13H21NO/c1-4-10(2)9-14-11(3)12-7-5-6-8-13(12)15/h5-8,10-11,14-15H,4,9H2,1-3H3. The highest BCUT2D eigenvalue weighted by Crippen LogP contribution is 2.23. The van der Waals surface area contributed by atoms with Crippen LogP contribution in [0, 0.1) is 5.92 Å². The van der Waals surface area contributed by atoms with E-state index in [0.717, 1.165) is 12.1 Å². The second-order valence-electron chi connectivity index (χ2n) is 4.20. The van der Waals surface area contributed by atoms with Gasteiger partial charge >= 0.3 is 0 Å². The third kappa shape index (κ3) is 3.56. The van der Waals surface area contributed by atoms with Crippen LogP contribution < -0.4 is 5.32 Å². The van der Waals surface area contributed by atoms with Gasteiger partial charge in [0.2, 0.25) is 0 Å². The van der Waals surface area contributed by atoms with Crippen LogP contribution in [0.4, 0.5) is 0 Å². The summed E-state index contributed by atoms with van der Waals surface area (Å²) in [5, 5.41) is 13.1. The van der Waals surface area contributed by atoms with Gasteiger partial charge in [-0.3, -0.25) is 0 Å². The molecule has 1 aromatic carbocycles. The summed E-state index contributed by atoms with van der Waals surface area (Å²) in [4.78, 5) is 0. The SMILES string of the molecule is CCC(C)CNC(C)c1ccccc1O. The molecule has 0 amide bonds. The minimum Gasteiger partial charge on any atom is -0.508 e. The maximum Gasteiger partial charge on any atom is 0.120 e. The lowest BCUT2D eigenvalue weighted by Crippen LogP contribution is -2.24. The molecule has 2 heteroatoms. The Morgan fingerprint density at radius 1 is 1.27 bits per heavy atom. The molecule has 0 aromatic heterocycles. The van der Waals surface area contributed by atoms with Crippen LogP contribution in [0.1, 0.15) is 38.8 Å². The highest BCUT2D eigenvalue weighted by Gasteiger charge is 2.09. The average Bonchev–Trinajstić information content (AvgIpc) is 2.26. The van der Waals surface area contributed by atoms with Crippen LogP contribution in [-0.2, 0) is 0 Å². The van der Waals surface area contributed by atoms with E-state index in [1.807, 2.05) is 18.2 Å². The predicted octanol–water partition coefficient (Wildman–Crippen LogP) is 3.09. The molecule has 0 aliphatic rings. The maximum absolute atomic E-state index is 9.66. The third-order valence-corrected chi connectivity index (χ3v) is 2.87. The number of rotatable bonds is 5. The number of phenols is 1. The van der Waals surface area contributed by atoms with Crippen LogP contribution in [0.2, 0.25) is 0 Å². The van der Waals surface area contributed by atoms with Gasteiger partial charge in [-0.2, -0.15) is 0 Å². The van der Waals surface area contributed by atoms with Crippen molar-refractivity contribution in [2.45, 2.75) is 33.2 Å². The van der Waals surface area contributed by atoms with Gasteiger partial charge in [0.05, 0.1) is 0 Å². The van der Waals surface area contributed by atoms with Crippen molar-refractivity contribution >= 4 is 0 Å². The molecule has 0 radical (unpaired) electrons. The first-order valence-corrected chi connectivity index (χ1v) is 5.66. The number of hydrogen-bond acceptors (Lipinski definition) is 2. The van der Waals surface area contributed by atoms with Crippen LogP contribution >= 0.6 is 0 Å². The smallest absolute Gasteiger partial charge is 0.120 e. The minimum absolute atomic E-state index is 0.209. The second-order valence-corrected chi connectivity index (χ2v) is 4.20. The Labute approximate surface area is 92.3 Å². The molecule has 0 aliphatic heterocycles. The summed E-state index contributed by atoms with van der Waals surface area (Å²) in [6.07, 6.45) is 1.18. The van der Waals surface area contributed by atoms with E-state index in [1.54, 1.807) is 6.07 Å². The van der Waals surface area contributed by atoms with E-state index in [9.17, 15) is 5.11 Å². The monoisotopic (exact) mass is 207 g/mol. The third-order valence-electron chi connectivity index (χ3n) is 2.87. The number of nitrogens with one attached hydrogen (secondary N) is 1. The molecule has 2 N–H and O–H groups in total. The molecular formula is C13H21NO. The first-order valence-electron chi connectivity index (χ1n) is 5.66. The van der Waals surface area contributed by atoms with Crippen LogP contribution in [0.25, 0.3) is 0 Å². The zero-order valence-electron chi connectivity index (χ0n) is 9.83. The van der Waals surface area contributed by atoms with Crippen LogP contribution in [-0.4, -0.2) is 11.7 Å². The fraction of sp³-hybridized carbons (Fsp3) is 0.538. The van der Waals surface area contributed by atoms with E-state index in [4.69, 9.17) is 0 Å². The molecule has 0 heterocycles. The fourth-order valence-electron chi connectivity index (χ4n) is 1.49. The van der Waals surface area contributed by atoms with Crippen molar-refractivity contribution in [3.05, 3.63) is 29.8 Å². The Kier molecular flexibility index (Phi) is 4.63. The number of phenolic OH excluding ortho intramolecular Hbond substituents is 1. The first kappa shape index (κ1) is 12.1. The molecule has 0 saturated heterocycles. The predicted molar refractivity (Wildman–Crippen MR) is 64.0 cm³/mol. The number of benzene rings is 1. The Hall–Kier alpha value is -1.02. The minimum atomic E-state index is 0.209. The summed E-state index contributed by atoms with van der Waals surface area (Å²) in [5.41, 5.74) is 0.973. The Balaban J connectivity index is 2.54. The van der Waals surface area contributed by atoms with Crippen molar-refractivity contribution in [3.63, 3.8) is 0 Å². The highest BCUT2D eigenvalue weighted by molar-refractivity contribution is 5.34. The van der Waals surface area contributed by atoms with E-state index in [2.05, 4.69) is 26.1 Å². The summed E-state index contributed by atoms with van der Waals surface area (Å²) in [5.74, 6) is 1.06. The van der Waals surface area contributed by atoms with Gasteiger partial charge in [0.1, 0.15) is 5.75 Å². The van der Waals surface area contributed by atoms with E-state index in [0.29, 0.717) is 11.7 Å². The molecule has 0 spiro atoms. The van der Waals surface area contributed by atoms with Gasteiger partial charge < -0.3 is 10.4 Å². The van der Waals surface area contributed by atoms with Crippen molar-refractivity contribution in [1.29, 1.82) is 0 Å². The van der Waals surface area contributed by atoms with E-state index < -0.39 is 0 Å². The quantitative estimate of drug-likeness (QED) is 0.777. The van der Waals surface area contributed by atoms with E-state index >= 15 is 0 Å². The molecule has 1 aromatic rings. The molecule has 0 fully saturated rings. The van der Waals surface area contributed by atoms with Gasteiger partial charge in [0.15, 0.2) is 0 Å². The lowest BCUT2D eigenvalue weighted by atomic mass is 10.1. The van der Waals surface area contributed by atoms with Gasteiger partial charge in [-0.15, -0.1) is 0 Å². The molecular weight excluding hydrogens is 186 g/mol. The van der Waals surface area contributed by atoms with Gasteiger partial charge in [-0.1, -0.05) is 38.5 Å². The lowest BCUT2D eigenvalue weighted by molar-refractivity contribution is 0.431. The van der Waals surface area contributed by atoms with E-state index in [-0.39, 0.29) is 6.04 Å². The molecule has 0 saturated carbocycles. The summed E-state index contributed by atoms with van der Waals surface area (Å²) in [6.45, 7) is 7.49. The van der Waals surface area contributed by atoms with Crippen LogP contribution in [0.3, 0.4) is 0 Å². The molecule has 15 heavy (non-hydrogen) atoms. The number of aromatic hydroxyl groups is 1. The number of hydrogen-bond donors (Lipinski definition) is 2. The van der Waals surface area contributed by atoms with Gasteiger partial charge in [-0.25, -0.2) is 0 Å². The van der Waals surface area contributed by atoms with Crippen molar-refractivity contribution in [2.75, 3.05) is 6.54 Å². The summed E-state index contributed by atoms with van der Waals surface area (Å²) >= 11 is 0. The fourth-order valence-corrected chi connectivity index (χ4v) is 1.49. The number of para-hydroxylation sites is 1. The topological polar surface area (TPSA) is 32.3 Å². The van der Waals surface area contributed by atoms with Crippen molar-refractivity contribution in [1.82, 2.24) is 5.32 Å². The zero-order chi connectivity index (χ0) is 11.3. The van der Waals surface area contributed by atoms with Gasteiger partial charge in [0, 0.05) is 11.6 Å². The van der Waals surface area contributed by atoms with Crippen LogP contribution in [0.5, 0.6) is 5.75 Å². The lowest BCUT2D eigenvalue weighted by Gasteiger charge is -2.17. The Bertz CT molecular complexity index is 298. The summed E-state index contributed by atoms with van der Waals surface area (Å²) in [7, 11) is 0. The van der Waals surface area contributed by atoms with Crippen molar-refractivity contribution in [2.24, 2.45) is 5.92 Å².